The van der Waals surface area contributed by atoms with Crippen molar-refractivity contribution >= 4 is 28.7 Å². The van der Waals surface area contributed by atoms with Crippen molar-refractivity contribution in [3.05, 3.63) is 52.5 Å². The number of hydrogen-bond acceptors (Lipinski definition) is 7. The molecule has 0 bridgehead atoms. The van der Waals surface area contributed by atoms with Gasteiger partial charge in [0.2, 0.25) is 5.13 Å². The van der Waals surface area contributed by atoms with Gasteiger partial charge in [-0.15, -0.1) is 10.2 Å². The number of amides is 1. The highest BCUT2D eigenvalue weighted by Crippen LogP contribution is 2.35. The molecule has 3 aromatic rings. The predicted octanol–water partition coefficient (Wildman–Crippen LogP) is 3.12. The number of anilines is 1. The fourth-order valence-electron chi connectivity index (χ4n) is 2.38. The molecule has 0 unspecified atom stereocenters. The van der Waals surface area contributed by atoms with Gasteiger partial charge in [-0.25, -0.2) is 4.39 Å². The highest BCUT2D eigenvalue weighted by atomic mass is 32.1. The van der Waals surface area contributed by atoms with Crippen LogP contribution in [0.15, 0.2) is 30.5 Å². The molecule has 1 aromatic carbocycles. The number of nitrogens with one attached hydrogen (secondary N) is 1. The lowest BCUT2D eigenvalue weighted by molar-refractivity contribution is 0.102. The van der Waals surface area contributed by atoms with Crippen molar-refractivity contribution in [2.75, 3.05) is 12.4 Å². The molecule has 9 heteroatoms. The average Bonchev–Trinajstić information content (AvgIpc) is 3.08. The van der Waals surface area contributed by atoms with Crippen molar-refractivity contribution in [2.24, 2.45) is 0 Å². The molecular formula is C17H13FN4O3S. The smallest absolute Gasteiger partial charge is 0.259 e. The number of pyridine rings is 1. The summed E-state index contributed by atoms with van der Waals surface area (Å²) in [5, 5.41) is 10.2. The van der Waals surface area contributed by atoms with Crippen LogP contribution in [0.2, 0.25) is 0 Å². The predicted molar refractivity (Wildman–Crippen MR) is 94.2 cm³/mol. The van der Waals surface area contributed by atoms with E-state index in [1.165, 1.54) is 25.4 Å². The fraction of sp³-hybridized carbons (Fsp3) is 0.118. The molecule has 26 heavy (non-hydrogen) atoms. The molecule has 2 aromatic heterocycles. The van der Waals surface area contributed by atoms with Crippen LogP contribution in [0.25, 0.3) is 11.1 Å². The number of carbonyl (C=O) groups is 2. The van der Waals surface area contributed by atoms with Crippen LogP contribution in [0.3, 0.4) is 0 Å². The Morgan fingerprint density at radius 3 is 2.85 bits per heavy atom. The first-order valence-electron chi connectivity index (χ1n) is 7.43. The molecule has 3 rings (SSSR count). The Kier molecular flexibility index (Phi) is 4.99. The average molecular weight is 372 g/mol. The summed E-state index contributed by atoms with van der Waals surface area (Å²) in [6, 6.07) is 6.02. The molecule has 0 atom stereocenters. The molecule has 0 saturated carbocycles. The molecule has 0 fully saturated rings. The normalized spacial score (nSPS) is 10.4. The van der Waals surface area contributed by atoms with Crippen molar-refractivity contribution < 1.29 is 18.7 Å². The van der Waals surface area contributed by atoms with Gasteiger partial charge in [-0.1, -0.05) is 17.4 Å². The minimum absolute atomic E-state index is 0.137. The van der Waals surface area contributed by atoms with Gasteiger partial charge in [0.05, 0.1) is 18.2 Å². The monoisotopic (exact) mass is 372 g/mol. The van der Waals surface area contributed by atoms with Crippen LogP contribution >= 0.6 is 11.3 Å². The number of benzene rings is 1. The summed E-state index contributed by atoms with van der Waals surface area (Å²) in [5.74, 6) is -0.779. The van der Waals surface area contributed by atoms with Gasteiger partial charge < -0.3 is 4.74 Å². The Morgan fingerprint density at radius 2 is 2.15 bits per heavy atom. The summed E-state index contributed by atoms with van der Waals surface area (Å²) >= 11 is 0.930. The van der Waals surface area contributed by atoms with Gasteiger partial charge in [0.1, 0.15) is 11.6 Å². The van der Waals surface area contributed by atoms with Crippen molar-refractivity contribution in [2.45, 2.75) is 6.92 Å². The number of halogens is 1. The number of rotatable bonds is 5. The van der Waals surface area contributed by atoms with E-state index in [1.54, 1.807) is 19.1 Å². The molecule has 1 N–H and O–H groups in total. The second-order valence-corrected chi connectivity index (χ2v) is 6.21. The minimum Gasteiger partial charge on any atom is -0.496 e. The second-order valence-electron chi connectivity index (χ2n) is 5.21. The van der Waals surface area contributed by atoms with Gasteiger partial charge in [0.15, 0.2) is 11.3 Å². The number of aldehydes is 1. The molecule has 0 aliphatic carbocycles. The van der Waals surface area contributed by atoms with E-state index in [4.69, 9.17) is 4.74 Å². The minimum atomic E-state index is -0.550. The van der Waals surface area contributed by atoms with Crippen LogP contribution < -0.4 is 10.1 Å². The lowest BCUT2D eigenvalue weighted by Crippen LogP contribution is -2.14. The van der Waals surface area contributed by atoms with Crippen molar-refractivity contribution in [1.82, 2.24) is 15.2 Å². The van der Waals surface area contributed by atoms with E-state index in [0.717, 1.165) is 11.3 Å². The van der Waals surface area contributed by atoms with Crippen LogP contribution in [0.5, 0.6) is 5.75 Å². The summed E-state index contributed by atoms with van der Waals surface area (Å²) in [6.45, 7) is 1.74. The summed E-state index contributed by atoms with van der Waals surface area (Å²) in [5.41, 5.74) is 1.25. The first-order valence-corrected chi connectivity index (χ1v) is 8.24. The van der Waals surface area contributed by atoms with E-state index < -0.39 is 11.7 Å². The number of hydrogen-bond donors (Lipinski definition) is 1. The largest absolute Gasteiger partial charge is 0.496 e. The Labute approximate surface area is 151 Å². The summed E-state index contributed by atoms with van der Waals surface area (Å²) in [4.78, 5) is 27.5. The van der Waals surface area contributed by atoms with Gasteiger partial charge >= 0.3 is 0 Å². The molecule has 0 aliphatic heterocycles. The van der Waals surface area contributed by atoms with E-state index in [0.29, 0.717) is 23.3 Å². The van der Waals surface area contributed by atoms with Crippen LogP contribution in [-0.2, 0) is 0 Å². The van der Waals surface area contributed by atoms with E-state index in [9.17, 15) is 14.0 Å². The Morgan fingerprint density at radius 1 is 1.35 bits per heavy atom. The van der Waals surface area contributed by atoms with Gasteiger partial charge in [-0.2, -0.15) is 0 Å². The van der Waals surface area contributed by atoms with Gasteiger partial charge in [0, 0.05) is 17.5 Å². The maximum Gasteiger partial charge on any atom is 0.259 e. The van der Waals surface area contributed by atoms with Crippen molar-refractivity contribution in [3.63, 3.8) is 0 Å². The van der Waals surface area contributed by atoms with Crippen molar-refractivity contribution in [1.29, 1.82) is 0 Å². The molecule has 7 nitrogen and oxygen atoms in total. The molecule has 132 valence electrons. The number of nitrogens with zero attached hydrogens (tertiary/aromatic N) is 3. The third kappa shape index (κ3) is 3.42. The molecule has 0 saturated heterocycles. The third-order valence-electron chi connectivity index (χ3n) is 3.51. The summed E-state index contributed by atoms with van der Waals surface area (Å²) in [7, 11) is 1.42. The summed E-state index contributed by atoms with van der Waals surface area (Å²) in [6.07, 6.45) is 1.89. The van der Waals surface area contributed by atoms with E-state index in [1.807, 2.05) is 0 Å². The standard InChI is InChI=1S/C17H13FN4O3S/c1-9-6-10(15-12(18)4-3-5-13(15)25-2)11(7-19-9)16(24)20-17-22-21-14(8-23)26-17/h3-8H,1-2H3,(H,20,22,24). The van der Waals surface area contributed by atoms with Crippen LogP contribution in [-0.4, -0.2) is 34.5 Å². The van der Waals surface area contributed by atoms with E-state index in [2.05, 4.69) is 20.5 Å². The first kappa shape index (κ1) is 17.6. The number of aromatic nitrogens is 3. The maximum atomic E-state index is 14.5. The first-order chi connectivity index (χ1) is 12.5. The molecule has 0 radical (unpaired) electrons. The Hall–Kier alpha value is -3.20. The number of ether oxygens (including phenoxy) is 1. The third-order valence-corrected chi connectivity index (χ3v) is 4.28. The van der Waals surface area contributed by atoms with E-state index in [-0.39, 0.29) is 21.3 Å². The van der Waals surface area contributed by atoms with Crippen LogP contribution in [0, 0.1) is 12.7 Å². The molecule has 1 amide bonds. The number of carbonyl (C=O) groups excluding carboxylic acids is 2. The van der Waals surface area contributed by atoms with Gasteiger partial charge in [-0.05, 0) is 25.1 Å². The lowest BCUT2D eigenvalue weighted by atomic mass is 9.98. The quantitative estimate of drug-likeness (QED) is 0.692. The number of aryl methyl sites for hydroxylation is 1. The maximum absolute atomic E-state index is 14.5. The van der Waals surface area contributed by atoms with Crippen LogP contribution in [0.4, 0.5) is 9.52 Å². The zero-order valence-corrected chi connectivity index (χ0v) is 14.6. The SMILES string of the molecule is COc1cccc(F)c1-c1cc(C)ncc1C(=O)Nc1nnc(C=O)s1. The second kappa shape index (κ2) is 7.36. The Bertz CT molecular complexity index is 990. The molecule has 0 spiro atoms. The Balaban J connectivity index is 2.06. The topological polar surface area (TPSA) is 94.1 Å². The fourth-order valence-corrected chi connectivity index (χ4v) is 2.93. The molecular weight excluding hydrogens is 359 g/mol. The summed E-state index contributed by atoms with van der Waals surface area (Å²) < 4.78 is 19.7. The van der Waals surface area contributed by atoms with Crippen molar-refractivity contribution in [3.8, 4) is 16.9 Å². The van der Waals surface area contributed by atoms with E-state index >= 15 is 0 Å². The van der Waals surface area contributed by atoms with Crippen LogP contribution in [0.1, 0.15) is 25.9 Å². The number of methoxy groups -OCH3 is 1. The molecule has 2 heterocycles. The highest BCUT2D eigenvalue weighted by Gasteiger charge is 2.21. The van der Waals surface area contributed by atoms with Gasteiger partial charge in [-0.3, -0.25) is 19.9 Å². The lowest BCUT2D eigenvalue weighted by Gasteiger charge is -2.14. The zero-order valence-electron chi connectivity index (χ0n) is 13.8. The van der Waals surface area contributed by atoms with Gasteiger partial charge in [0.25, 0.3) is 5.91 Å². The zero-order chi connectivity index (χ0) is 18.7. The highest BCUT2D eigenvalue weighted by molar-refractivity contribution is 7.16. The molecule has 0 aliphatic rings.